The third-order valence-corrected chi connectivity index (χ3v) is 3.04. The summed E-state index contributed by atoms with van der Waals surface area (Å²) in [5.74, 6) is 1.07. The summed E-state index contributed by atoms with van der Waals surface area (Å²) in [4.78, 5) is 12.1. The Labute approximate surface area is 98.9 Å². The maximum absolute atomic E-state index is 12.1. The molecule has 0 bridgehead atoms. The van der Waals surface area contributed by atoms with Crippen LogP contribution < -0.4 is 0 Å². The molecule has 0 aromatic heterocycles. The van der Waals surface area contributed by atoms with Gasteiger partial charge in [0.1, 0.15) is 0 Å². The molecule has 0 saturated carbocycles. The molecule has 1 nitrogen and oxygen atoms in total. The SMILES string of the molecule is CCCC(C)CC(C)C(=O)c1ccccc1. The molecule has 0 radical (unpaired) electrons. The topological polar surface area (TPSA) is 17.1 Å². The van der Waals surface area contributed by atoms with E-state index in [0.29, 0.717) is 5.92 Å². The summed E-state index contributed by atoms with van der Waals surface area (Å²) < 4.78 is 0. The number of hydrogen-bond acceptors (Lipinski definition) is 1. The Bertz CT molecular complexity index is 315. The van der Waals surface area contributed by atoms with Crippen LogP contribution in [0.25, 0.3) is 0 Å². The van der Waals surface area contributed by atoms with Crippen LogP contribution in [0.15, 0.2) is 30.3 Å². The normalized spacial score (nSPS) is 14.4. The number of Topliss-reactive ketones (excluding diaryl/α,β-unsaturated/α-hetero) is 1. The van der Waals surface area contributed by atoms with Crippen LogP contribution >= 0.6 is 0 Å². The molecule has 2 unspecified atom stereocenters. The van der Waals surface area contributed by atoms with E-state index < -0.39 is 0 Å². The summed E-state index contributed by atoms with van der Waals surface area (Å²) in [6, 6.07) is 9.61. The molecule has 1 heteroatoms. The fraction of sp³-hybridized carbons (Fsp3) is 0.533. The molecular weight excluding hydrogens is 196 g/mol. The molecule has 0 aliphatic carbocycles. The molecule has 0 aliphatic rings. The highest BCUT2D eigenvalue weighted by Gasteiger charge is 2.17. The molecule has 1 aromatic carbocycles. The van der Waals surface area contributed by atoms with E-state index >= 15 is 0 Å². The van der Waals surface area contributed by atoms with E-state index in [1.807, 2.05) is 37.3 Å². The predicted molar refractivity (Wildman–Crippen MR) is 68.6 cm³/mol. The lowest BCUT2D eigenvalue weighted by molar-refractivity contribution is 0.0912. The maximum Gasteiger partial charge on any atom is 0.165 e. The Balaban J connectivity index is 2.55. The molecule has 1 aromatic rings. The molecule has 0 heterocycles. The van der Waals surface area contributed by atoms with Gasteiger partial charge in [-0.25, -0.2) is 0 Å². The van der Waals surface area contributed by atoms with Crippen molar-refractivity contribution in [1.29, 1.82) is 0 Å². The molecule has 1 rings (SSSR count). The number of rotatable bonds is 6. The summed E-state index contributed by atoms with van der Waals surface area (Å²) >= 11 is 0. The zero-order valence-electron chi connectivity index (χ0n) is 10.6. The van der Waals surface area contributed by atoms with Crippen LogP contribution in [0.4, 0.5) is 0 Å². The lowest BCUT2D eigenvalue weighted by Crippen LogP contribution is -2.14. The smallest absolute Gasteiger partial charge is 0.165 e. The highest BCUT2D eigenvalue weighted by Crippen LogP contribution is 2.20. The molecular formula is C15H22O. The zero-order chi connectivity index (χ0) is 12.0. The Morgan fingerprint density at radius 2 is 1.81 bits per heavy atom. The van der Waals surface area contributed by atoms with Gasteiger partial charge in [-0.15, -0.1) is 0 Å². The van der Waals surface area contributed by atoms with Gasteiger partial charge in [-0.3, -0.25) is 4.79 Å². The average Bonchev–Trinajstić information content (AvgIpc) is 2.29. The third kappa shape index (κ3) is 3.80. The summed E-state index contributed by atoms with van der Waals surface area (Å²) in [6.45, 7) is 6.47. The fourth-order valence-electron chi connectivity index (χ4n) is 2.21. The Morgan fingerprint density at radius 1 is 1.19 bits per heavy atom. The van der Waals surface area contributed by atoms with E-state index in [1.54, 1.807) is 0 Å². The number of carbonyl (C=O) groups is 1. The first-order chi connectivity index (χ1) is 7.65. The Hall–Kier alpha value is -1.11. The second kappa shape index (κ2) is 6.47. The van der Waals surface area contributed by atoms with Crippen molar-refractivity contribution in [2.75, 3.05) is 0 Å². The van der Waals surface area contributed by atoms with Crippen molar-refractivity contribution >= 4 is 5.78 Å². The summed E-state index contributed by atoms with van der Waals surface area (Å²) in [6.07, 6.45) is 3.42. The van der Waals surface area contributed by atoms with Crippen LogP contribution in [0.3, 0.4) is 0 Å². The molecule has 16 heavy (non-hydrogen) atoms. The van der Waals surface area contributed by atoms with Crippen LogP contribution in [0.1, 0.15) is 50.4 Å². The highest BCUT2D eigenvalue weighted by atomic mass is 16.1. The van der Waals surface area contributed by atoms with Crippen LogP contribution in [0.5, 0.6) is 0 Å². The van der Waals surface area contributed by atoms with Gasteiger partial charge in [0.2, 0.25) is 0 Å². The Morgan fingerprint density at radius 3 is 2.38 bits per heavy atom. The summed E-state index contributed by atoms with van der Waals surface area (Å²) in [5, 5.41) is 0. The highest BCUT2D eigenvalue weighted by molar-refractivity contribution is 5.97. The maximum atomic E-state index is 12.1. The molecule has 0 aliphatic heterocycles. The van der Waals surface area contributed by atoms with Crippen LogP contribution in [0.2, 0.25) is 0 Å². The molecule has 2 atom stereocenters. The van der Waals surface area contributed by atoms with Gasteiger partial charge >= 0.3 is 0 Å². The van der Waals surface area contributed by atoms with E-state index in [-0.39, 0.29) is 11.7 Å². The summed E-state index contributed by atoms with van der Waals surface area (Å²) in [5.41, 5.74) is 0.846. The lowest BCUT2D eigenvalue weighted by atomic mass is 9.88. The van der Waals surface area contributed by atoms with Crippen molar-refractivity contribution in [3.05, 3.63) is 35.9 Å². The first-order valence-corrected chi connectivity index (χ1v) is 6.24. The lowest BCUT2D eigenvalue weighted by Gasteiger charge is -2.15. The molecule has 0 fully saturated rings. The minimum absolute atomic E-state index is 0.143. The minimum Gasteiger partial charge on any atom is -0.294 e. The molecule has 0 saturated heterocycles. The van der Waals surface area contributed by atoms with Crippen molar-refractivity contribution in [2.45, 2.75) is 40.0 Å². The van der Waals surface area contributed by atoms with Crippen LogP contribution in [-0.4, -0.2) is 5.78 Å². The van der Waals surface area contributed by atoms with Gasteiger partial charge in [-0.1, -0.05) is 63.9 Å². The second-order valence-corrected chi connectivity index (χ2v) is 4.76. The van der Waals surface area contributed by atoms with Gasteiger partial charge in [-0.2, -0.15) is 0 Å². The number of carbonyl (C=O) groups excluding carboxylic acids is 1. The van der Waals surface area contributed by atoms with Gasteiger partial charge in [0.25, 0.3) is 0 Å². The van der Waals surface area contributed by atoms with Gasteiger partial charge < -0.3 is 0 Å². The Kier molecular flexibility index (Phi) is 5.24. The number of ketones is 1. The zero-order valence-corrected chi connectivity index (χ0v) is 10.6. The van der Waals surface area contributed by atoms with Crippen molar-refractivity contribution in [3.63, 3.8) is 0 Å². The van der Waals surface area contributed by atoms with Gasteiger partial charge in [0, 0.05) is 11.5 Å². The van der Waals surface area contributed by atoms with Crippen molar-refractivity contribution in [2.24, 2.45) is 11.8 Å². The van der Waals surface area contributed by atoms with Crippen molar-refractivity contribution in [3.8, 4) is 0 Å². The van der Waals surface area contributed by atoms with E-state index in [4.69, 9.17) is 0 Å². The van der Waals surface area contributed by atoms with E-state index in [2.05, 4.69) is 13.8 Å². The molecule has 0 amide bonds. The van der Waals surface area contributed by atoms with E-state index in [1.165, 1.54) is 12.8 Å². The van der Waals surface area contributed by atoms with Crippen molar-refractivity contribution < 1.29 is 4.79 Å². The van der Waals surface area contributed by atoms with Gasteiger partial charge in [0.05, 0.1) is 0 Å². The van der Waals surface area contributed by atoms with Crippen molar-refractivity contribution in [1.82, 2.24) is 0 Å². The van der Waals surface area contributed by atoms with Gasteiger partial charge in [0.15, 0.2) is 5.78 Å². The van der Waals surface area contributed by atoms with Crippen LogP contribution in [0, 0.1) is 11.8 Å². The number of benzene rings is 1. The van der Waals surface area contributed by atoms with E-state index in [0.717, 1.165) is 12.0 Å². The second-order valence-electron chi connectivity index (χ2n) is 4.76. The molecule has 88 valence electrons. The fourth-order valence-corrected chi connectivity index (χ4v) is 2.21. The number of hydrogen-bond donors (Lipinski definition) is 0. The summed E-state index contributed by atoms with van der Waals surface area (Å²) in [7, 11) is 0. The minimum atomic E-state index is 0.143. The monoisotopic (exact) mass is 218 g/mol. The quantitative estimate of drug-likeness (QED) is 0.649. The van der Waals surface area contributed by atoms with Gasteiger partial charge in [-0.05, 0) is 12.3 Å². The van der Waals surface area contributed by atoms with Crippen LogP contribution in [-0.2, 0) is 0 Å². The third-order valence-electron chi connectivity index (χ3n) is 3.04. The molecule has 0 spiro atoms. The first kappa shape index (κ1) is 13.0. The standard InChI is InChI=1S/C15H22O/c1-4-8-12(2)11-13(3)15(16)14-9-6-5-7-10-14/h5-7,9-10,12-13H,4,8,11H2,1-3H3. The largest absolute Gasteiger partial charge is 0.294 e. The van der Waals surface area contributed by atoms with E-state index in [9.17, 15) is 4.79 Å². The molecule has 0 N–H and O–H groups in total. The predicted octanol–water partition coefficient (Wildman–Crippen LogP) is 4.33. The average molecular weight is 218 g/mol. The first-order valence-electron chi connectivity index (χ1n) is 6.24.